The molecule has 1 rings (SSSR count). The Bertz CT molecular complexity index is 443. The lowest BCUT2D eigenvalue weighted by Crippen LogP contribution is -2.27. The Morgan fingerprint density at radius 1 is 1.50 bits per heavy atom. The lowest BCUT2D eigenvalue weighted by molar-refractivity contribution is 0.0926. The maximum atomic E-state index is 11.8. The Kier molecular flexibility index (Phi) is 5.89. The Morgan fingerprint density at radius 3 is 2.83 bits per heavy atom. The summed E-state index contributed by atoms with van der Waals surface area (Å²) >= 11 is 5.90. The average Bonchev–Trinajstić information content (AvgIpc) is 2.31. The van der Waals surface area contributed by atoms with Crippen LogP contribution in [0, 0.1) is 6.92 Å². The summed E-state index contributed by atoms with van der Waals surface area (Å²) < 4.78 is 5.29. The minimum atomic E-state index is -0.117. The van der Waals surface area contributed by atoms with Crippen molar-refractivity contribution in [3.63, 3.8) is 0 Å². The zero-order chi connectivity index (χ0) is 13.5. The first-order valence-corrected chi connectivity index (χ1v) is 6.15. The molecule has 0 aliphatic rings. The molecule has 0 saturated carbocycles. The topological polar surface area (TPSA) is 38.3 Å². The molecule has 1 aromatic rings. The van der Waals surface area contributed by atoms with Gasteiger partial charge < -0.3 is 10.1 Å². The first kappa shape index (κ1) is 14.7. The number of amides is 1. The number of carbonyl (C=O) groups is 1. The van der Waals surface area contributed by atoms with Crippen molar-refractivity contribution in [2.45, 2.75) is 13.8 Å². The molecule has 18 heavy (non-hydrogen) atoms. The third-order valence-corrected chi connectivity index (χ3v) is 2.72. The van der Waals surface area contributed by atoms with E-state index in [1.165, 1.54) is 0 Å². The predicted molar refractivity (Wildman–Crippen MR) is 74.2 cm³/mol. The summed E-state index contributed by atoms with van der Waals surface area (Å²) in [5.41, 5.74) is 2.47. The second kappa shape index (κ2) is 7.19. The highest BCUT2D eigenvalue weighted by Crippen LogP contribution is 2.16. The van der Waals surface area contributed by atoms with Crippen LogP contribution in [-0.4, -0.2) is 25.7 Å². The Labute approximate surface area is 113 Å². The maximum Gasteiger partial charge on any atom is 0.251 e. The quantitative estimate of drug-likeness (QED) is 0.636. The van der Waals surface area contributed by atoms with E-state index < -0.39 is 0 Å². The molecule has 0 bridgehead atoms. The third-order valence-electron chi connectivity index (χ3n) is 2.30. The van der Waals surface area contributed by atoms with Crippen molar-refractivity contribution in [1.29, 1.82) is 0 Å². The summed E-state index contributed by atoms with van der Waals surface area (Å²) in [4.78, 5) is 11.8. The SMILES string of the molecule is C=C(C)COCCNC(=O)c1ccc(Cl)c(C)c1. The summed E-state index contributed by atoms with van der Waals surface area (Å²) in [6.07, 6.45) is 0. The number of nitrogens with one attached hydrogen (secondary N) is 1. The normalized spacial score (nSPS) is 10.2. The van der Waals surface area contributed by atoms with E-state index in [9.17, 15) is 4.79 Å². The number of rotatable bonds is 6. The molecule has 0 aliphatic heterocycles. The van der Waals surface area contributed by atoms with E-state index in [1.807, 2.05) is 13.8 Å². The number of ether oxygens (including phenoxy) is 1. The van der Waals surface area contributed by atoms with E-state index in [0.717, 1.165) is 11.1 Å². The van der Waals surface area contributed by atoms with Gasteiger partial charge in [-0.2, -0.15) is 0 Å². The zero-order valence-corrected chi connectivity index (χ0v) is 11.5. The van der Waals surface area contributed by atoms with Crippen LogP contribution in [0.3, 0.4) is 0 Å². The molecule has 1 aromatic carbocycles. The molecule has 0 saturated heterocycles. The standard InChI is InChI=1S/C14H18ClNO2/c1-10(2)9-18-7-6-16-14(17)12-4-5-13(15)11(3)8-12/h4-5,8H,1,6-7,9H2,2-3H3,(H,16,17). The number of carbonyl (C=O) groups excluding carboxylic acids is 1. The van der Waals surface area contributed by atoms with Gasteiger partial charge in [0.15, 0.2) is 0 Å². The second-order valence-electron chi connectivity index (χ2n) is 4.23. The molecule has 4 heteroatoms. The molecule has 0 aromatic heterocycles. The minimum Gasteiger partial charge on any atom is -0.375 e. The monoisotopic (exact) mass is 267 g/mol. The number of hydrogen-bond acceptors (Lipinski definition) is 2. The van der Waals surface area contributed by atoms with E-state index in [4.69, 9.17) is 16.3 Å². The number of halogens is 1. The predicted octanol–water partition coefficient (Wildman–Crippen LogP) is 2.97. The van der Waals surface area contributed by atoms with Gasteiger partial charge in [0.05, 0.1) is 13.2 Å². The first-order chi connectivity index (χ1) is 8.50. The van der Waals surface area contributed by atoms with E-state index in [1.54, 1.807) is 18.2 Å². The molecule has 98 valence electrons. The highest BCUT2D eigenvalue weighted by atomic mass is 35.5. The second-order valence-corrected chi connectivity index (χ2v) is 4.64. The molecule has 0 radical (unpaired) electrons. The third kappa shape index (κ3) is 4.90. The summed E-state index contributed by atoms with van der Waals surface area (Å²) in [5, 5.41) is 3.45. The van der Waals surface area contributed by atoms with Crippen molar-refractivity contribution in [1.82, 2.24) is 5.32 Å². The van der Waals surface area contributed by atoms with Crippen LogP contribution in [-0.2, 0) is 4.74 Å². The fourth-order valence-corrected chi connectivity index (χ4v) is 1.49. The summed E-state index contributed by atoms with van der Waals surface area (Å²) in [6, 6.07) is 5.20. The van der Waals surface area contributed by atoms with Gasteiger partial charge in [0.1, 0.15) is 0 Å². The molecular weight excluding hydrogens is 250 g/mol. The van der Waals surface area contributed by atoms with Crippen LogP contribution in [0.2, 0.25) is 5.02 Å². The largest absolute Gasteiger partial charge is 0.375 e. The van der Waals surface area contributed by atoms with Gasteiger partial charge in [-0.3, -0.25) is 4.79 Å². The van der Waals surface area contributed by atoms with Gasteiger partial charge in [0.25, 0.3) is 5.91 Å². The molecule has 0 aliphatic carbocycles. The van der Waals surface area contributed by atoms with E-state index in [-0.39, 0.29) is 5.91 Å². The van der Waals surface area contributed by atoms with E-state index >= 15 is 0 Å². The van der Waals surface area contributed by atoms with Crippen molar-refractivity contribution >= 4 is 17.5 Å². The minimum absolute atomic E-state index is 0.117. The van der Waals surface area contributed by atoms with Gasteiger partial charge in [0, 0.05) is 17.1 Å². The van der Waals surface area contributed by atoms with Crippen LogP contribution in [0.5, 0.6) is 0 Å². The lowest BCUT2D eigenvalue weighted by Gasteiger charge is -2.07. The fraction of sp³-hybridized carbons (Fsp3) is 0.357. The summed E-state index contributed by atoms with van der Waals surface area (Å²) in [6.45, 7) is 8.98. The van der Waals surface area contributed by atoms with Crippen LogP contribution < -0.4 is 5.32 Å². The number of aryl methyl sites for hydroxylation is 1. The molecule has 1 amide bonds. The molecule has 3 nitrogen and oxygen atoms in total. The van der Waals surface area contributed by atoms with Crippen LogP contribution >= 0.6 is 11.6 Å². The Hall–Kier alpha value is -1.32. The summed E-state index contributed by atoms with van der Waals surface area (Å²) in [5.74, 6) is -0.117. The van der Waals surface area contributed by atoms with Crippen LogP contribution in [0.25, 0.3) is 0 Å². The Morgan fingerprint density at radius 2 is 2.22 bits per heavy atom. The van der Waals surface area contributed by atoms with Crippen LogP contribution in [0.4, 0.5) is 0 Å². The molecule has 0 unspecified atom stereocenters. The van der Waals surface area contributed by atoms with Crippen molar-refractivity contribution in [3.05, 3.63) is 46.5 Å². The van der Waals surface area contributed by atoms with Crippen molar-refractivity contribution < 1.29 is 9.53 Å². The zero-order valence-electron chi connectivity index (χ0n) is 10.8. The van der Waals surface area contributed by atoms with Crippen LogP contribution in [0.15, 0.2) is 30.4 Å². The highest BCUT2D eigenvalue weighted by molar-refractivity contribution is 6.31. The van der Waals surface area contributed by atoms with Gasteiger partial charge in [-0.1, -0.05) is 23.8 Å². The van der Waals surface area contributed by atoms with Gasteiger partial charge in [-0.25, -0.2) is 0 Å². The molecule has 0 fully saturated rings. The molecule has 0 spiro atoms. The summed E-state index contributed by atoms with van der Waals surface area (Å²) in [7, 11) is 0. The van der Waals surface area contributed by atoms with E-state index in [2.05, 4.69) is 11.9 Å². The van der Waals surface area contributed by atoms with Gasteiger partial charge in [0.2, 0.25) is 0 Å². The molecule has 0 atom stereocenters. The Balaban J connectivity index is 2.36. The smallest absolute Gasteiger partial charge is 0.251 e. The number of benzene rings is 1. The van der Waals surface area contributed by atoms with Gasteiger partial charge >= 0.3 is 0 Å². The van der Waals surface area contributed by atoms with Crippen molar-refractivity contribution in [2.24, 2.45) is 0 Å². The number of hydrogen-bond donors (Lipinski definition) is 1. The average molecular weight is 268 g/mol. The van der Waals surface area contributed by atoms with Gasteiger partial charge in [-0.15, -0.1) is 0 Å². The first-order valence-electron chi connectivity index (χ1n) is 5.77. The molecular formula is C14H18ClNO2. The molecule has 1 N–H and O–H groups in total. The fourth-order valence-electron chi connectivity index (χ4n) is 1.37. The van der Waals surface area contributed by atoms with Crippen molar-refractivity contribution in [3.8, 4) is 0 Å². The molecule has 0 heterocycles. The van der Waals surface area contributed by atoms with Crippen molar-refractivity contribution in [2.75, 3.05) is 19.8 Å². The highest BCUT2D eigenvalue weighted by Gasteiger charge is 2.06. The van der Waals surface area contributed by atoms with E-state index in [0.29, 0.717) is 30.3 Å². The lowest BCUT2D eigenvalue weighted by atomic mass is 10.1. The maximum absolute atomic E-state index is 11.8. The van der Waals surface area contributed by atoms with Crippen LogP contribution in [0.1, 0.15) is 22.8 Å². The van der Waals surface area contributed by atoms with Gasteiger partial charge in [-0.05, 0) is 37.6 Å².